The van der Waals surface area contributed by atoms with Crippen molar-refractivity contribution in [3.63, 3.8) is 0 Å². The molecule has 0 radical (unpaired) electrons. The SMILES string of the molecule is Cc1nc(Nc2ccc(CN3CCCCC3)cc2)[nH]c(=O)c1Cc1ccc(Cl)cc1. The van der Waals surface area contributed by atoms with E-state index in [1.165, 1.54) is 37.9 Å². The van der Waals surface area contributed by atoms with Crippen LogP contribution >= 0.6 is 11.6 Å². The van der Waals surface area contributed by atoms with Crippen LogP contribution in [0.5, 0.6) is 0 Å². The third kappa shape index (κ3) is 5.29. The number of hydrogen-bond donors (Lipinski definition) is 2. The summed E-state index contributed by atoms with van der Waals surface area (Å²) in [5.74, 6) is 0.459. The monoisotopic (exact) mass is 422 g/mol. The van der Waals surface area contributed by atoms with Crippen molar-refractivity contribution in [1.29, 1.82) is 0 Å². The summed E-state index contributed by atoms with van der Waals surface area (Å²) in [6, 6.07) is 15.9. The van der Waals surface area contributed by atoms with E-state index in [9.17, 15) is 4.79 Å². The van der Waals surface area contributed by atoms with Gasteiger partial charge in [0.15, 0.2) is 0 Å². The molecule has 6 heteroatoms. The van der Waals surface area contributed by atoms with Crippen LogP contribution in [0.2, 0.25) is 5.02 Å². The van der Waals surface area contributed by atoms with Gasteiger partial charge in [0.1, 0.15) is 0 Å². The minimum Gasteiger partial charge on any atom is -0.326 e. The van der Waals surface area contributed by atoms with Crippen molar-refractivity contribution in [2.75, 3.05) is 18.4 Å². The van der Waals surface area contributed by atoms with Gasteiger partial charge in [-0.2, -0.15) is 0 Å². The van der Waals surface area contributed by atoms with Crippen LogP contribution in [0, 0.1) is 6.92 Å². The number of benzene rings is 2. The fourth-order valence-electron chi connectivity index (χ4n) is 3.89. The molecule has 5 nitrogen and oxygen atoms in total. The van der Waals surface area contributed by atoms with E-state index >= 15 is 0 Å². The topological polar surface area (TPSA) is 61.0 Å². The number of anilines is 2. The highest BCUT2D eigenvalue weighted by Gasteiger charge is 2.11. The third-order valence-electron chi connectivity index (χ3n) is 5.59. The Kier molecular flexibility index (Phi) is 6.50. The van der Waals surface area contributed by atoms with E-state index < -0.39 is 0 Å². The molecule has 1 aliphatic heterocycles. The molecule has 0 unspecified atom stereocenters. The summed E-state index contributed by atoms with van der Waals surface area (Å²) in [6.07, 6.45) is 4.47. The van der Waals surface area contributed by atoms with Gasteiger partial charge in [0, 0.05) is 29.2 Å². The number of aromatic nitrogens is 2. The Bertz CT molecular complexity index is 1040. The molecule has 1 saturated heterocycles. The molecule has 1 aliphatic rings. The highest BCUT2D eigenvalue weighted by Crippen LogP contribution is 2.18. The predicted octanol–water partition coefficient (Wildman–Crippen LogP) is 5.05. The zero-order chi connectivity index (χ0) is 20.9. The number of aromatic amines is 1. The molecule has 4 rings (SSSR count). The number of nitrogens with one attached hydrogen (secondary N) is 2. The van der Waals surface area contributed by atoms with Gasteiger partial charge in [-0.3, -0.25) is 14.7 Å². The molecule has 0 spiro atoms. The van der Waals surface area contributed by atoms with Crippen LogP contribution in [0.3, 0.4) is 0 Å². The number of likely N-dealkylation sites (tertiary alicyclic amines) is 1. The van der Waals surface area contributed by atoms with E-state index in [4.69, 9.17) is 11.6 Å². The average Bonchev–Trinajstić information content (AvgIpc) is 2.74. The van der Waals surface area contributed by atoms with E-state index in [0.29, 0.717) is 23.0 Å². The number of rotatable bonds is 6. The van der Waals surface area contributed by atoms with Crippen LogP contribution in [0.1, 0.15) is 41.6 Å². The van der Waals surface area contributed by atoms with Crippen LogP contribution in [0.25, 0.3) is 0 Å². The van der Waals surface area contributed by atoms with Gasteiger partial charge < -0.3 is 5.32 Å². The van der Waals surface area contributed by atoms with Gasteiger partial charge in [0.2, 0.25) is 5.95 Å². The second-order valence-corrected chi connectivity index (χ2v) is 8.38. The molecule has 156 valence electrons. The first-order valence-electron chi connectivity index (χ1n) is 10.5. The largest absolute Gasteiger partial charge is 0.326 e. The highest BCUT2D eigenvalue weighted by molar-refractivity contribution is 6.30. The maximum atomic E-state index is 12.6. The number of nitrogens with zero attached hydrogens (tertiary/aromatic N) is 2. The molecule has 0 bridgehead atoms. The Morgan fingerprint density at radius 1 is 1.00 bits per heavy atom. The molecule has 3 aromatic rings. The Hall–Kier alpha value is -2.63. The maximum Gasteiger partial charge on any atom is 0.256 e. The van der Waals surface area contributed by atoms with Crippen molar-refractivity contribution >= 4 is 23.2 Å². The Morgan fingerprint density at radius 3 is 2.33 bits per heavy atom. The molecule has 0 saturated carbocycles. The smallest absolute Gasteiger partial charge is 0.256 e. The van der Waals surface area contributed by atoms with Crippen LogP contribution in [0.4, 0.5) is 11.6 Å². The number of H-pyrrole nitrogens is 1. The summed E-state index contributed by atoms with van der Waals surface area (Å²) in [4.78, 5) is 22.6. The van der Waals surface area contributed by atoms with Crippen LogP contribution in [0.15, 0.2) is 53.3 Å². The van der Waals surface area contributed by atoms with Crippen molar-refractivity contribution in [1.82, 2.24) is 14.9 Å². The fourth-order valence-corrected chi connectivity index (χ4v) is 4.02. The van der Waals surface area contributed by atoms with Crippen LogP contribution in [-0.4, -0.2) is 28.0 Å². The van der Waals surface area contributed by atoms with Gasteiger partial charge in [-0.05, 0) is 68.2 Å². The van der Waals surface area contributed by atoms with Crippen molar-refractivity contribution < 1.29 is 0 Å². The first-order valence-corrected chi connectivity index (χ1v) is 10.9. The fraction of sp³-hybridized carbons (Fsp3) is 0.333. The van der Waals surface area contributed by atoms with E-state index in [2.05, 4.69) is 32.3 Å². The van der Waals surface area contributed by atoms with Crippen LogP contribution < -0.4 is 10.9 Å². The molecule has 2 N–H and O–H groups in total. The quantitative estimate of drug-likeness (QED) is 0.583. The van der Waals surface area contributed by atoms with E-state index in [1.807, 2.05) is 43.3 Å². The first kappa shape index (κ1) is 20.6. The average molecular weight is 423 g/mol. The summed E-state index contributed by atoms with van der Waals surface area (Å²) in [6.45, 7) is 5.24. The lowest BCUT2D eigenvalue weighted by atomic mass is 10.1. The number of halogens is 1. The van der Waals surface area contributed by atoms with E-state index in [0.717, 1.165) is 23.5 Å². The summed E-state index contributed by atoms with van der Waals surface area (Å²) >= 11 is 5.94. The Balaban J connectivity index is 1.43. The highest BCUT2D eigenvalue weighted by atomic mass is 35.5. The summed E-state index contributed by atoms with van der Waals surface area (Å²) in [5, 5.41) is 3.90. The van der Waals surface area contributed by atoms with Gasteiger partial charge in [-0.15, -0.1) is 0 Å². The van der Waals surface area contributed by atoms with Crippen LogP contribution in [-0.2, 0) is 13.0 Å². The molecular formula is C24H27ClN4O. The number of aryl methyl sites for hydroxylation is 1. The van der Waals surface area contributed by atoms with E-state index in [-0.39, 0.29) is 5.56 Å². The lowest BCUT2D eigenvalue weighted by molar-refractivity contribution is 0.221. The minimum absolute atomic E-state index is 0.123. The zero-order valence-corrected chi connectivity index (χ0v) is 18.0. The zero-order valence-electron chi connectivity index (χ0n) is 17.2. The standard InChI is InChI=1S/C24H27ClN4O/c1-17-22(15-18-5-9-20(25)10-6-18)23(30)28-24(26-17)27-21-11-7-19(8-12-21)16-29-13-3-2-4-14-29/h5-12H,2-4,13-16H2,1H3,(H2,26,27,28,30). The van der Waals surface area contributed by atoms with E-state index in [1.54, 1.807) is 0 Å². The summed E-state index contributed by atoms with van der Waals surface area (Å²) in [7, 11) is 0. The van der Waals surface area contributed by atoms with Gasteiger partial charge in [-0.1, -0.05) is 42.3 Å². The van der Waals surface area contributed by atoms with Crippen molar-refractivity contribution in [3.8, 4) is 0 Å². The molecule has 0 amide bonds. The minimum atomic E-state index is -0.123. The second-order valence-electron chi connectivity index (χ2n) is 7.94. The van der Waals surface area contributed by atoms with Gasteiger partial charge in [-0.25, -0.2) is 4.98 Å². The maximum absolute atomic E-state index is 12.6. The van der Waals surface area contributed by atoms with Crippen molar-refractivity contribution in [2.24, 2.45) is 0 Å². The molecule has 30 heavy (non-hydrogen) atoms. The second kappa shape index (κ2) is 9.45. The molecule has 2 aromatic carbocycles. The normalized spacial score (nSPS) is 14.6. The Morgan fingerprint density at radius 2 is 1.67 bits per heavy atom. The predicted molar refractivity (Wildman–Crippen MR) is 123 cm³/mol. The number of hydrogen-bond acceptors (Lipinski definition) is 4. The molecular weight excluding hydrogens is 396 g/mol. The van der Waals surface area contributed by atoms with Gasteiger partial charge in [0.05, 0.1) is 5.69 Å². The summed E-state index contributed by atoms with van der Waals surface area (Å²) < 4.78 is 0. The first-order chi connectivity index (χ1) is 14.6. The molecule has 2 heterocycles. The van der Waals surface area contributed by atoms with Gasteiger partial charge in [0.25, 0.3) is 5.56 Å². The van der Waals surface area contributed by atoms with Gasteiger partial charge >= 0.3 is 0 Å². The number of piperidine rings is 1. The molecule has 0 aliphatic carbocycles. The molecule has 1 fully saturated rings. The van der Waals surface area contributed by atoms with Crippen molar-refractivity contribution in [2.45, 2.75) is 39.2 Å². The lowest BCUT2D eigenvalue weighted by Gasteiger charge is -2.26. The van der Waals surface area contributed by atoms with Crippen molar-refractivity contribution in [3.05, 3.63) is 86.3 Å². The third-order valence-corrected chi connectivity index (χ3v) is 5.84. The Labute approximate surface area is 182 Å². The summed E-state index contributed by atoms with van der Waals surface area (Å²) in [5.41, 5.74) is 4.50. The molecule has 0 atom stereocenters. The molecule has 1 aromatic heterocycles. The lowest BCUT2D eigenvalue weighted by Crippen LogP contribution is -2.29.